The average molecular weight is 1280 g/mol. The van der Waals surface area contributed by atoms with Gasteiger partial charge in [0.2, 0.25) is 0 Å². The number of quaternary nitrogens is 1. The molecule has 0 rings (SSSR count). The van der Waals surface area contributed by atoms with E-state index in [1.165, 1.54) is 231 Å². The Bertz CT molecular complexity index is 1840. The minimum absolute atomic E-state index is 0.0317. The van der Waals surface area contributed by atoms with Gasteiger partial charge in [-0.2, -0.15) is 0 Å². The molecule has 0 radical (unpaired) electrons. The number of likely N-dealkylation sites (N-methyl/N-ethyl adjacent to an activating group) is 1. The molecule has 0 heterocycles. The normalized spacial score (nSPS) is 13.6. The molecular weight excluding hydrogens is 1130 g/mol. The van der Waals surface area contributed by atoms with Crippen molar-refractivity contribution in [1.29, 1.82) is 0 Å². The van der Waals surface area contributed by atoms with Gasteiger partial charge in [0.1, 0.15) is 19.8 Å². The molecule has 0 saturated carbocycles. The third-order valence-electron chi connectivity index (χ3n) is 16.6. The van der Waals surface area contributed by atoms with Gasteiger partial charge >= 0.3 is 11.9 Å². The van der Waals surface area contributed by atoms with Crippen LogP contribution in [0.4, 0.5) is 0 Å². The minimum Gasteiger partial charge on any atom is -0.756 e. The molecule has 2 atom stereocenters. The summed E-state index contributed by atoms with van der Waals surface area (Å²) in [5.41, 5.74) is 0. The molecule has 0 spiro atoms. The van der Waals surface area contributed by atoms with E-state index in [9.17, 15) is 19.0 Å². The van der Waals surface area contributed by atoms with E-state index < -0.39 is 26.5 Å². The van der Waals surface area contributed by atoms with Crippen molar-refractivity contribution in [1.82, 2.24) is 0 Å². The van der Waals surface area contributed by atoms with Gasteiger partial charge in [-0.15, -0.1) is 0 Å². The van der Waals surface area contributed by atoms with Crippen LogP contribution in [0.15, 0.2) is 97.2 Å². The molecule has 0 N–H and O–H groups in total. The summed E-state index contributed by atoms with van der Waals surface area (Å²) >= 11 is 0. The zero-order valence-corrected chi connectivity index (χ0v) is 60.5. The maximum atomic E-state index is 12.9. The maximum Gasteiger partial charge on any atom is 0.306 e. The fourth-order valence-electron chi connectivity index (χ4n) is 10.9. The summed E-state index contributed by atoms with van der Waals surface area (Å²) in [6.07, 6.45) is 98.1. The smallest absolute Gasteiger partial charge is 0.306 e. The molecule has 2 unspecified atom stereocenters. The summed E-state index contributed by atoms with van der Waals surface area (Å²) in [5.74, 6) is -0.822. The van der Waals surface area contributed by atoms with Crippen LogP contribution in [-0.4, -0.2) is 70.0 Å². The summed E-state index contributed by atoms with van der Waals surface area (Å²) in [6, 6.07) is 0. The maximum absolute atomic E-state index is 12.9. The van der Waals surface area contributed by atoms with Crippen molar-refractivity contribution in [2.75, 3.05) is 47.5 Å². The van der Waals surface area contributed by atoms with E-state index in [1.54, 1.807) is 0 Å². The van der Waals surface area contributed by atoms with Crippen LogP contribution in [0, 0.1) is 0 Å². The number of allylic oxidation sites excluding steroid dienone is 16. The largest absolute Gasteiger partial charge is 0.756 e. The van der Waals surface area contributed by atoms with E-state index in [0.29, 0.717) is 17.4 Å². The molecule has 0 aromatic rings. The van der Waals surface area contributed by atoms with Gasteiger partial charge in [0.15, 0.2) is 6.10 Å². The highest BCUT2D eigenvalue weighted by molar-refractivity contribution is 7.45. The third kappa shape index (κ3) is 74.0. The molecule has 0 fully saturated rings. The Kier molecular flexibility index (Phi) is 67.9. The number of hydrogen-bond donors (Lipinski definition) is 0. The molecular formula is C80H144NO8P. The number of nitrogens with zero attached hydrogens (tertiary/aromatic N) is 1. The van der Waals surface area contributed by atoms with E-state index in [1.807, 2.05) is 21.1 Å². The molecule has 0 aliphatic carbocycles. The van der Waals surface area contributed by atoms with Crippen LogP contribution in [0.1, 0.15) is 348 Å². The number of hydrogen-bond acceptors (Lipinski definition) is 8. The van der Waals surface area contributed by atoms with Gasteiger partial charge in [-0.05, 0) is 89.9 Å². The average Bonchev–Trinajstić information content (AvgIpc) is 3.62. The van der Waals surface area contributed by atoms with Gasteiger partial charge in [0.25, 0.3) is 7.82 Å². The molecule has 522 valence electrons. The number of phosphoric acid groups is 1. The number of phosphoric ester groups is 1. The first-order valence-corrected chi connectivity index (χ1v) is 39.4. The van der Waals surface area contributed by atoms with Crippen LogP contribution in [0.3, 0.4) is 0 Å². The molecule has 0 aliphatic rings. The lowest BCUT2D eigenvalue weighted by molar-refractivity contribution is -0.870. The van der Waals surface area contributed by atoms with Gasteiger partial charge in [-0.1, -0.05) is 342 Å². The molecule has 0 aromatic carbocycles. The van der Waals surface area contributed by atoms with Crippen LogP contribution in [0.25, 0.3) is 0 Å². The van der Waals surface area contributed by atoms with E-state index in [0.717, 1.165) is 83.5 Å². The van der Waals surface area contributed by atoms with Gasteiger partial charge in [-0.25, -0.2) is 0 Å². The van der Waals surface area contributed by atoms with Crippen LogP contribution < -0.4 is 4.89 Å². The summed E-state index contributed by atoms with van der Waals surface area (Å²) < 4.78 is 34.4. The Morgan fingerprint density at radius 3 is 0.889 bits per heavy atom. The second-order valence-electron chi connectivity index (χ2n) is 26.6. The van der Waals surface area contributed by atoms with Gasteiger partial charge in [-0.3, -0.25) is 14.2 Å². The number of rotatable bonds is 70. The van der Waals surface area contributed by atoms with Crippen molar-refractivity contribution in [3.05, 3.63) is 97.2 Å². The quantitative estimate of drug-likeness (QED) is 0.0195. The Morgan fingerprint density at radius 2 is 0.600 bits per heavy atom. The fourth-order valence-corrected chi connectivity index (χ4v) is 11.6. The highest BCUT2D eigenvalue weighted by atomic mass is 31.2. The lowest BCUT2D eigenvalue weighted by Gasteiger charge is -2.28. The monoisotopic (exact) mass is 1280 g/mol. The zero-order valence-electron chi connectivity index (χ0n) is 59.6. The van der Waals surface area contributed by atoms with E-state index in [-0.39, 0.29) is 32.0 Å². The van der Waals surface area contributed by atoms with Crippen LogP contribution in [-0.2, 0) is 32.7 Å². The van der Waals surface area contributed by atoms with Crippen LogP contribution in [0.2, 0.25) is 0 Å². The molecule has 10 heteroatoms. The fraction of sp³-hybridized carbons (Fsp3) is 0.775. The minimum atomic E-state index is -4.65. The first-order valence-electron chi connectivity index (χ1n) is 37.9. The Balaban J connectivity index is 3.91. The Labute approximate surface area is 557 Å². The molecule has 0 aliphatic heterocycles. The SMILES string of the molecule is CC/C=C\C/C=C\C/C=C\C/C=C\CCCCCCCCCCCCCCCCCCCCCCCCCCCCCCC(=O)OC(COC(=O)CCCCCCCCCCCCCC/C=C\C/C=C\C/C=C\C/C=C\CC)COP(=O)([O-])OCC[N+](C)(C)C. The van der Waals surface area contributed by atoms with Gasteiger partial charge in [0, 0.05) is 12.8 Å². The van der Waals surface area contributed by atoms with Gasteiger partial charge < -0.3 is 27.9 Å². The standard InChI is InChI=1S/C80H144NO8P/c1-6-8-10-12-14-16-18-20-22-24-26-28-30-32-33-34-35-36-37-38-39-40-41-42-43-44-45-46-47-49-51-53-55-57-59-61-63-65-67-69-71-73-80(83)89-78(77-88-90(84,85)87-75-74-81(3,4)5)76-86-79(82)72-70-68-66-64-62-60-58-56-54-52-50-48-31-29-27-25-23-21-19-17-15-13-11-9-7-2/h8-11,14-17,20-23,26-29,78H,6-7,12-13,18-19,24-25,30-77H2,1-5H3/b10-8-,11-9-,16-14-,17-15-,22-20-,23-21-,28-26-,29-27-. The van der Waals surface area contributed by atoms with Crippen LogP contribution >= 0.6 is 7.82 Å². The first kappa shape index (κ1) is 86.9. The summed E-state index contributed by atoms with van der Waals surface area (Å²) in [7, 11) is 1.17. The van der Waals surface area contributed by atoms with Crippen molar-refractivity contribution >= 4 is 19.8 Å². The molecule has 0 amide bonds. The second-order valence-corrected chi connectivity index (χ2v) is 28.0. The van der Waals surface area contributed by atoms with Crippen molar-refractivity contribution < 1.29 is 42.1 Å². The molecule has 0 saturated heterocycles. The summed E-state index contributed by atoms with van der Waals surface area (Å²) in [4.78, 5) is 38.1. The number of carbonyl (C=O) groups is 2. The van der Waals surface area contributed by atoms with Crippen molar-refractivity contribution in [2.24, 2.45) is 0 Å². The highest BCUT2D eigenvalue weighted by Crippen LogP contribution is 2.38. The molecule has 9 nitrogen and oxygen atoms in total. The Hall–Kier alpha value is -3.07. The predicted molar refractivity (Wildman–Crippen MR) is 388 cm³/mol. The zero-order chi connectivity index (χ0) is 65.5. The topological polar surface area (TPSA) is 111 Å². The lowest BCUT2D eigenvalue weighted by atomic mass is 10.0. The first-order chi connectivity index (χ1) is 44.0. The number of carbonyl (C=O) groups excluding carboxylic acids is 2. The summed E-state index contributed by atoms with van der Waals surface area (Å²) in [5, 5.41) is 0. The predicted octanol–water partition coefficient (Wildman–Crippen LogP) is 24.4. The van der Waals surface area contributed by atoms with Crippen LogP contribution in [0.5, 0.6) is 0 Å². The second kappa shape index (κ2) is 70.3. The lowest BCUT2D eigenvalue weighted by Crippen LogP contribution is -2.37. The third-order valence-corrected chi connectivity index (χ3v) is 17.6. The van der Waals surface area contributed by atoms with Crippen molar-refractivity contribution in [3.8, 4) is 0 Å². The number of esters is 2. The van der Waals surface area contributed by atoms with Gasteiger partial charge in [0.05, 0.1) is 27.7 Å². The molecule has 90 heavy (non-hydrogen) atoms. The van der Waals surface area contributed by atoms with E-state index in [2.05, 4.69) is 111 Å². The van der Waals surface area contributed by atoms with E-state index >= 15 is 0 Å². The number of unbranched alkanes of at least 4 members (excludes halogenated alkanes) is 40. The molecule has 0 aromatic heterocycles. The number of ether oxygens (including phenoxy) is 2. The van der Waals surface area contributed by atoms with Crippen molar-refractivity contribution in [2.45, 2.75) is 354 Å². The summed E-state index contributed by atoms with van der Waals surface area (Å²) in [6.45, 7) is 4.06. The van der Waals surface area contributed by atoms with E-state index in [4.69, 9.17) is 18.5 Å². The van der Waals surface area contributed by atoms with Crippen molar-refractivity contribution in [3.63, 3.8) is 0 Å². The molecule has 0 bridgehead atoms. The Morgan fingerprint density at radius 1 is 0.344 bits per heavy atom. The highest BCUT2D eigenvalue weighted by Gasteiger charge is 2.22.